The van der Waals surface area contributed by atoms with Crippen molar-refractivity contribution < 1.29 is 24.2 Å². The monoisotopic (exact) mass is 350 g/mol. The maximum absolute atomic E-state index is 13.0. The van der Waals surface area contributed by atoms with Gasteiger partial charge in [0.15, 0.2) is 5.78 Å². The predicted octanol–water partition coefficient (Wildman–Crippen LogP) is 3.81. The van der Waals surface area contributed by atoms with Gasteiger partial charge in [0, 0.05) is 16.7 Å². The van der Waals surface area contributed by atoms with Crippen molar-refractivity contribution in [3.8, 4) is 5.75 Å². The van der Waals surface area contributed by atoms with Gasteiger partial charge in [0.05, 0.1) is 13.7 Å². The van der Waals surface area contributed by atoms with Crippen LogP contribution in [0.5, 0.6) is 5.75 Å². The smallest absolute Gasteiger partial charge is 0.342 e. The van der Waals surface area contributed by atoms with E-state index in [4.69, 9.17) is 9.47 Å². The van der Waals surface area contributed by atoms with Crippen LogP contribution >= 0.6 is 0 Å². The van der Waals surface area contributed by atoms with Crippen molar-refractivity contribution in [3.05, 3.63) is 76.4 Å². The Morgan fingerprint density at radius 3 is 2.35 bits per heavy atom. The van der Waals surface area contributed by atoms with E-state index in [-0.39, 0.29) is 29.3 Å². The molecule has 0 aliphatic heterocycles. The van der Waals surface area contributed by atoms with Crippen LogP contribution in [-0.4, -0.2) is 30.6 Å². The number of rotatable bonds is 4. The number of hydrogen-bond acceptors (Lipinski definition) is 5. The lowest BCUT2D eigenvalue weighted by molar-refractivity contribution is -0.138. The van der Waals surface area contributed by atoms with Crippen LogP contribution in [0.1, 0.15) is 28.4 Å². The molecule has 1 aliphatic rings. The molecule has 0 saturated carbocycles. The minimum Gasteiger partial charge on any atom is -0.506 e. The Balaban J connectivity index is 2.17. The first-order valence-corrected chi connectivity index (χ1v) is 8.17. The highest BCUT2D eigenvalue weighted by atomic mass is 16.5. The molecule has 0 heterocycles. The summed E-state index contributed by atoms with van der Waals surface area (Å²) in [5, 5.41) is 10.6. The molecule has 5 nitrogen and oxygen atoms in total. The molecule has 0 spiro atoms. The molecule has 132 valence electrons. The molecule has 1 aliphatic carbocycles. The van der Waals surface area contributed by atoms with Crippen LogP contribution in [0.15, 0.2) is 59.7 Å². The summed E-state index contributed by atoms with van der Waals surface area (Å²) >= 11 is 0. The molecule has 3 rings (SSSR count). The number of benzene rings is 2. The van der Waals surface area contributed by atoms with Crippen molar-refractivity contribution in [1.29, 1.82) is 0 Å². The zero-order chi connectivity index (χ0) is 18.7. The maximum Gasteiger partial charge on any atom is 0.342 e. The van der Waals surface area contributed by atoms with Gasteiger partial charge in [-0.05, 0) is 30.7 Å². The topological polar surface area (TPSA) is 72.8 Å². The van der Waals surface area contributed by atoms with E-state index in [0.29, 0.717) is 22.4 Å². The van der Waals surface area contributed by atoms with Gasteiger partial charge < -0.3 is 14.6 Å². The number of ether oxygens (including phenoxy) is 2. The van der Waals surface area contributed by atoms with Crippen LogP contribution in [0.25, 0.3) is 11.8 Å². The van der Waals surface area contributed by atoms with Gasteiger partial charge in [-0.25, -0.2) is 4.79 Å². The van der Waals surface area contributed by atoms with Gasteiger partial charge in [-0.2, -0.15) is 0 Å². The third kappa shape index (κ3) is 3.11. The zero-order valence-electron chi connectivity index (χ0n) is 14.5. The van der Waals surface area contributed by atoms with Crippen molar-refractivity contribution >= 4 is 23.6 Å². The second kappa shape index (κ2) is 7.27. The molecular formula is C21H18O5. The van der Waals surface area contributed by atoms with Gasteiger partial charge in [-0.1, -0.05) is 36.4 Å². The highest BCUT2D eigenvalue weighted by molar-refractivity contribution is 6.26. The third-order valence-electron chi connectivity index (χ3n) is 4.08. The predicted molar refractivity (Wildman–Crippen MR) is 97.9 cm³/mol. The summed E-state index contributed by atoms with van der Waals surface area (Å²) in [6.07, 6.45) is 1.57. The second-order valence-electron chi connectivity index (χ2n) is 5.65. The second-order valence-corrected chi connectivity index (χ2v) is 5.65. The van der Waals surface area contributed by atoms with E-state index in [1.807, 2.05) is 0 Å². The largest absolute Gasteiger partial charge is 0.506 e. The number of methoxy groups -OCH3 is 1. The van der Waals surface area contributed by atoms with E-state index in [1.54, 1.807) is 68.6 Å². The van der Waals surface area contributed by atoms with E-state index >= 15 is 0 Å². The van der Waals surface area contributed by atoms with Crippen LogP contribution in [0, 0.1) is 0 Å². The summed E-state index contributed by atoms with van der Waals surface area (Å²) in [6.45, 7) is 1.81. The number of fused-ring (bicyclic) bond motifs is 1. The SMILES string of the molecule is CCOC(=O)C1=C(O)c2ccccc2C(=O)/C1=C\c1ccc(OC)cc1. The molecule has 0 atom stereocenters. The summed E-state index contributed by atoms with van der Waals surface area (Å²) in [7, 11) is 1.56. The van der Waals surface area contributed by atoms with Crippen molar-refractivity contribution in [2.45, 2.75) is 6.92 Å². The molecule has 0 aromatic heterocycles. The van der Waals surface area contributed by atoms with E-state index in [2.05, 4.69) is 0 Å². The Labute approximate surface area is 151 Å². The summed E-state index contributed by atoms with van der Waals surface area (Å²) in [4.78, 5) is 25.4. The highest BCUT2D eigenvalue weighted by Gasteiger charge is 2.34. The quantitative estimate of drug-likeness (QED) is 0.670. The number of Topliss-reactive ketones (excluding diaryl/α,β-unsaturated/α-hetero) is 1. The van der Waals surface area contributed by atoms with Crippen LogP contribution in [0.4, 0.5) is 0 Å². The molecule has 0 saturated heterocycles. The molecule has 0 fully saturated rings. The average molecular weight is 350 g/mol. The van der Waals surface area contributed by atoms with Crippen molar-refractivity contribution in [1.82, 2.24) is 0 Å². The third-order valence-corrected chi connectivity index (χ3v) is 4.08. The zero-order valence-corrected chi connectivity index (χ0v) is 14.5. The van der Waals surface area contributed by atoms with Crippen LogP contribution in [-0.2, 0) is 9.53 Å². The number of carbonyl (C=O) groups excluding carboxylic acids is 2. The molecule has 1 N–H and O–H groups in total. The number of ketones is 1. The Morgan fingerprint density at radius 1 is 1.08 bits per heavy atom. The highest BCUT2D eigenvalue weighted by Crippen LogP contribution is 2.35. The normalized spacial score (nSPS) is 15.0. The lowest BCUT2D eigenvalue weighted by Gasteiger charge is -2.20. The number of aliphatic hydroxyl groups excluding tert-OH is 1. The van der Waals surface area contributed by atoms with Crippen molar-refractivity contribution in [2.24, 2.45) is 0 Å². The van der Waals surface area contributed by atoms with Crippen molar-refractivity contribution in [2.75, 3.05) is 13.7 Å². The molecule has 0 amide bonds. The fourth-order valence-corrected chi connectivity index (χ4v) is 2.82. The van der Waals surface area contributed by atoms with Gasteiger partial charge in [0.2, 0.25) is 0 Å². The Morgan fingerprint density at radius 2 is 1.73 bits per heavy atom. The Hall–Kier alpha value is -3.34. The van der Waals surface area contributed by atoms with Gasteiger partial charge in [0.25, 0.3) is 0 Å². The lowest BCUT2D eigenvalue weighted by atomic mass is 9.84. The average Bonchev–Trinajstić information content (AvgIpc) is 2.66. The number of aliphatic hydroxyl groups is 1. The Kier molecular flexibility index (Phi) is 4.89. The number of esters is 1. The molecule has 26 heavy (non-hydrogen) atoms. The number of hydrogen-bond donors (Lipinski definition) is 1. The first-order valence-electron chi connectivity index (χ1n) is 8.17. The van der Waals surface area contributed by atoms with Crippen LogP contribution in [0.3, 0.4) is 0 Å². The molecule has 2 aromatic rings. The van der Waals surface area contributed by atoms with Crippen molar-refractivity contribution in [3.63, 3.8) is 0 Å². The molecule has 0 unspecified atom stereocenters. The summed E-state index contributed by atoms with van der Waals surface area (Å²) in [5.41, 5.74) is 1.35. The van der Waals surface area contributed by atoms with Gasteiger partial charge >= 0.3 is 5.97 Å². The molecule has 2 aromatic carbocycles. The van der Waals surface area contributed by atoms with E-state index < -0.39 is 5.97 Å². The summed E-state index contributed by atoms with van der Waals surface area (Å²) in [5.74, 6) is -0.639. The van der Waals surface area contributed by atoms with E-state index in [0.717, 1.165) is 0 Å². The first-order chi connectivity index (χ1) is 12.6. The molecule has 5 heteroatoms. The standard InChI is InChI=1S/C21H18O5/c1-3-26-21(24)18-17(12-13-8-10-14(25-2)11-9-13)19(22)15-6-4-5-7-16(15)20(18)23/h4-12,23H,3H2,1-2H3/b17-12-. The maximum atomic E-state index is 13.0. The lowest BCUT2D eigenvalue weighted by Crippen LogP contribution is -2.22. The minimum atomic E-state index is -0.729. The molecular weight excluding hydrogens is 332 g/mol. The van der Waals surface area contributed by atoms with Gasteiger partial charge in [0.1, 0.15) is 17.1 Å². The first kappa shape index (κ1) is 17.5. The molecule has 0 bridgehead atoms. The van der Waals surface area contributed by atoms with Gasteiger partial charge in [-0.15, -0.1) is 0 Å². The van der Waals surface area contributed by atoms with E-state index in [9.17, 15) is 14.7 Å². The number of carbonyl (C=O) groups is 2. The van der Waals surface area contributed by atoms with E-state index in [1.165, 1.54) is 0 Å². The summed E-state index contributed by atoms with van der Waals surface area (Å²) in [6, 6.07) is 13.7. The molecule has 0 radical (unpaired) electrons. The Bertz CT molecular complexity index is 920. The minimum absolute atomic E-state index is 0.102. The summed E-state index contributed by atoms with van der Waals surface area (Å²) < 4.78 is 10.2. The van der Waals surface area contributed by atoms with Gasteiger partial charge in [-0.3, -0.25) is 4.79 Å². The fourth-order valence-electron chi connectivity index (χ4n) is 2.82. The fraction of sp³-hybridized carbons (Fsp3) is 0.143. The van der Waals surface area contributed by atoms with Crippen LogP contribution < -0.4 is 4.74 Å². The van der Waals surface area contributed by atoms with Crippen LogP contribution in [0.2, 0.25) is 0 Å².